The van der Waals surface area contributed by atoms with Crippen LogP contribution >= 0.6 is 0 Å². The van der Waals surface area contributed by atoms with Crippen LogP contribution in [0.2, 0.25) is 0 Å². The van der Waals surface area contributed by atoms with Gasteiger partial charge in [0.1, 0.15) is 0 Å². The number of amides is 1. The Morgan fingerprint density at radius 2 is 1.87 bits per heavy atom. The third kappa shape index (κ3) is 5.06. The van der Waals surface area contributed by atoms with Gasteiger partial charge >= 0.3 is 0 Å². The maximum atomic E-state index is 11.7. The molecule has 0 radical (unpaired) electrons. The second-order valence-electron chi connectivity index (χ2n) is 8.01. The maximum absolute atomic E-state index is 11.7. The van der Waals surface area contributed by atoms with Gasteiger partial charge in [0.2, 0.25) is 0 Å². The van der Waals surface area contributed by atoms with Gasteiger partial charge in [-0.2, -0.15) is 0 Å². The highest BCUT2D eigenvalue weighted by Gasteiger charge is 2.41. The predicted molar refractivity (Wildman–Crippen MR) is 122 cm³/mol. The second-order valence-corrected chi connectivity index (χ2v) is 8.01. The summed E-state index contributed by atoms with van der Waals surface area (Å²) in [5.41, 5.74) is 3.10. The Labute approximate surface area is 184 Å². The highest BCUT2D eigenvalue weighted by molar-refractivity contribution is 5.93. The molecule has 2 fully saturated rings. The molecule has 0 aliphatic carbocycles. The summed E-state index contributed by atoms with van der Waals surface area (Å²) < 4.78 is 6.10. The van der Waals surface area contributed by atoms with E-state index in [9.17, 15) is 4.79 Å². The Morgan fingerprint density at radius 3 is 2.58 bits per heavy atom. The number of carbonyl (C=O) groups is 1. The first-order valence-corrected chi connectivity index (χ1v) is 10.8. The summed E-state index contributed by atoms with van der Waals surface area (Å²) in [6, 6.07) is 18.6. The quantitative estimate of drug-likeness (QED) is 0.568. The highest BCUT2D eigenvalue weighted by Crippen LogP contribution is 2.24. The van der Waals surface area contributed by atoms with Gasteiger partial charge in [0.25, 0.3) is 5.91 Å². The van der Waals surface area contributed by atoms with Crippen molar-refractivity contribution in [3.05, 3.63) is 71.3 Å². The predicted octanol–water partition coefficient (Wildman–Crippen LogP) is 1.71. The van der Waals surface area contributed by atoms with E-state index >= 15 is 0 Å². The van der Waals surface area contributed by atoms with Crippen LogP contribution in [0.3, 0.4) is 0 Å². The molecule has 7 nitrogen and oxygen atoms in total. The lowest BCUT2D eigenvalue weighted by Gasteiger charge is -2.36. The summed E-state index contributed by atoms with van der Waals surface area (Å²) in [4.78, 5) is 21.0. The molecule has 31 heavy (non-hydrogen) atoms. The Bertz CT molecular complexity index is 900. The Morgan fingerprint density at radius 1 is 1.10 bits per heavy atom. The van der Waals surface area contributed by atoms with Gasteiger partial charge in [-0.15, -0.1) is 0 Å². The molecule has 2 atom stereocenters. The third-order valence-electron chi connectivity index (χ3n) is 6.05. The SMILES string of the molecule is CN=C(NCc1ccc(C(=O)NC)cc1)N1CC2OCCN(Cc3ccccc3)C2C1. The Balaban J connectivity index is 1.36. The zero-order valence-corrected chi connectivity index (χ0v) is 18.3. The zero-order valence-electron chi connectivity index (χ0n) is 18.3. The average molecular weight is 422 g/mol. The van der Waals surface area contributed by atoms with Gasteiger partial charge in [0.05, 0.1) is 18.8 Å². The summed E-state index contributed by atoms with van der Waals surface area (Å²) in [5, 5.41) is 6.11. The Hall–Kier alpha value is -2.90. The normalized spacial score (nSPS) is 21.6. The van der Waals surface area contributed by atoms with Crippen LogP contribution < -0.4 is 10.6 Å². The molecule has 164 valence electrons. The van der Waals surface area contributed by atoms with Crippen molar-refractivity contribution in [2.75, 3.05) is 40.3 Å². The molecule has 0 aromatic heterocycles. The van der Waals surface area contributed by atoms with E-state index in [1.165, 1.54) is 5.56 Å². The topological polar surface area (TPSA) is 69.2 Å². The smallest absolute Gasteiger partial charge is 0.251 e. The molecule has 1 amide bonds. The minimum atomic E-state index is -0.0740. The first-order valence-electron chi connectivity index (χ1n) is 10.8. The molecule has 4 rings (SSSR count). The van der Waals surface area contributed by atoms with Gasteiger partial charge < -0.3 is 20.3 Å². The third-order valence-corrected chi connectivity index (χ3v) is 6.05. The molecular formula is C24H31N5O2. The minimum Gasteiger partial charge on any atom is -0.373 e. The van der Waals surface area contributed by atoms with Gasteiger partial charge in [0, 0.05) is 52.4 Å². The summed E-state index contributed by atoms with van der Waals surface area (Å²) in [5.74, 6) is 0.808. The molecule has 2 N–H and O–H groups in total. The van der Waals surface area contributed by atoms with Crippen molar-refractivity contribution in [1.82, 2.24) is 20.4 Å². The molecule has 2 aliphatic heterocycles. The number of rotatable bonds is 5. The van der Waals surface area contributed by atoms with E-state index < -0.39 is 0 Å². The molecule has 2 saturated heterocycles. The van der Waals surface area contributed by atoms with Crippen LogP contribution in [-0.4, -0.2) is 74.1 Å². The van der Waals surface area contributed by atoms with Crippen LogP contribution in [0.25, 0.3) is 0 Å². The lowest BCUT2D eigenvalue weighted by molar-refractivity contribution is -0.0502. The summed E-state index contributed by atoms with van der Waals surface area (Å²) in [6.07, 6.45) is 0.197. The number of nitrogens with zero attached hydrogens (tertiary/aromatic N) is 3. The number of guanidine groups is 1. The maximum Gasteiger partial charge on any atom is 0.251 e. The van der Waals surface area contributed by atoms with E-state index in [4.69, 9.17) is 4.74 Å². The number of hydrogen-bond acceptors (Lipinski definition) is 4. The van der Waals surface area contributed by atoms with Crippen molar-refractivity contribution >= 4 is 11.9 Å². The number of aliphatic imine (C=N–C) groups is 1. The molecule has 7 heteroatoms. The second kappa shape index (κ2) is 9.94. The molecule has 2 aliphatic rings. The number of benzene rings is 2. The fourth-order valence-corrected chi connectivity index (χ4v) is 4.38. The fraction of sp³-hybridized carbons (Fsp3) is 0.417. The Kier molecular flexibility index (Phi) is 6.84. The number of fused-ring (bicyclic) bond motifs is 1. The van der Waals surface area contributed by atoms with Crippen molar-refractivity contribution in [3.63, 3.8) is 0 Å². The zero-order chi connectivity index (χ0) is 21.6. The van der Waals surface area contributed by atoms with Crippen LogP contribution in [0.5, 0.6) is 0 Å². The number of likely N-dealkylation sites (tertiary alicyclic amines) is 1. The number of nitrogens with one attached hydrogen (secondary N) is 2. The van der Waals surface area contributed by atoms with Crippen molar-refractivity contribution in [1.29, 1.82) is 0 Å². The number of hydrogen-bond donors (Lipinski definition) is 2. The van der Waals surface area contributed by atoms with Crippen molar-refractivity contribution < 1.29 is 9.53 Å². The number of morpholine rings is 1. The van der Waals surface area contributed by atoms with Crippen molar-refractivity contribution in [2.45, 2.75) is 25.2 Å². The number of ether oxygens (including phenoxy) is 1. The molecule has 2 aromatic carbocycles. The van der Waals surface area contributed by atoms with Gasteiger partial charge in [0.15, 0.2) is 5.96 Å². The average Bonchev–Trinajstić information content (AvgIpc) is 3.25. The van der Waals surface area contributed by atoms with Gasteiger partial charge in [-0.05, 0) is 23.3 Å². The van der Waals surface area contributed by atoms with E-state index in [-0.39, 0.29) is 12.0 Å². The molecule has 2 aromatic rings. The first kappa shape index (κ1) is 21.3. The van der Waals surface area contributed by atoms with E-state index in [1.54, 1.807) is 7.05 Å². The lowest BCUT2D eigenvalue weighted by Crippen LogP contribution is -2.50. The van der Waals surface area contributed by atoms with Crippen molar-refractivity contribution in [3.8, 4) is 0 Å². The fourth-order valence-electron chi connectivity index (χ4n) is 4.38. The van der Waals surface area contributed by atoms with E-state index in [0.29, 0.717) is 18.2 Å². The summed E-state index contributed by atoms with van der Waals surface area (Å²) in [6.45, 7) is 5.06. The van der Waals surface area contributed by atoms with E-state index in [2.05, 4.69) is 55.8 Å². The van der Waals surface area contributed by atoms with Crippen LogP contribution in [0, 0.1) is 0 Å². The molecule has 2 unspecified atom stereocenters. The summed E-state index contributed by atoms with van der Waals surface area (Å²) in [7, 11) is 3.46. The number of carbonyl (C=O) groups excluding carboxylic acids is 1. The molecular weight excluding hydrogens is 390 g/mol. The van der Waals surface area contributed by atoms with Crippen LogP contribution in [0.4, 0.5) is 0 Å². The van der Waals surface area contributed by atoms with Crippen LogP contribution in [0.15, 0.2) is 59.6 Å². The van der Waals surface area contributed by atoms with Crippen LogP contribution in [-0.2, 0) is 17.8 Å². The van der Waals surface area contributed by atoms with Gasteiger partial charge in [-0.3, -0.25) is 14.7 Å². The van der Waals surface area contributed by atoms with Gasteiger partial charge in [-0.1, -0.05) is 42.5 Å². The minimum absolute atomic E-state index is 0.0740. The first-order chi connectivity index (χ1) is 15.2. The summed E-state index contributed by atoms with van der Waals surface area (Å²) >= 11 is 0. The molecule has 0 saturated carbocycles. The molecule has 0 spiro atoms. The largest absolute Gasteiger partial charge is 0.373 e. The van der Waals surface area contributed by atoms with Crippen LogP contribution in [0.1, 0.15) is 21.5 Å². The standard InChI is InChI=1S/C24H31N5O2/c1-25-23(30)20-10-8-18(9-11-20)14-27-24(26-2)29-16-21-22(17-29)31-13-12-28(21)15-19-6-4-3-5-7-19/h3-11,21-22H,12-17H2,1-2H3,(H,25,30)(H,26,27). The van der Waals surface area contributed by atoms with Crippen molar-refractivity contribution in [2.24, 2.45) is 4.99 Å². The monoisotopic (exact) mass is 421 g/mol. The lowest BCUT2D eigenvalue weighted by atomic mass is 10.1. The van der Waals surface area contributed by atoms with Gasteiger partial charge in [-0.25, -0.2) is 0 Å². The van der Waals surface area contributed by atoms with E-state index in [1.807, 2.05) is 31.3 Å². The molecule has 0 bridgehead atoms. The molecule has 2 heterocycles. The van der Waals surface area contributed by atoms with E-state index in [0.717, 1.165) is 44.3 Å². The highest BCUT2D eigenvalue weighted by atomic mass is 16.5.